The Morgan fingerprint density at radius 2 is 0.833 bits per heavy atom. The van der Waals surface area contributed by atoms with Crippen molar-refractivity contribution in [1.82, 2.24) is 0 Å². The van der Waals surface area contributed by atoms with Crippen LogP contribution in [0.25, 0.3) is 0 Å². The van der Waals surface area contributed by atoms with Gasteiger partial charge in [-0.3, -0.25) is 0 Å². The first-order valence-electron chi connectivity index (χ1n) is 0.456. The van der Waals surface area contributed by atoms with Gasteiger partial charge in [0.25, 0.3) is 0 Å². The van der Waals surface area contributed by atoms with Gasteiger partial charge in [-0.25, -0.2) is 0 Å². The molecule has 0 aliphatic rings. The average molecular weight is 220 g/mol. The summed E-state index contributed by atoms with van der Waals surface area (Å²) >= 11 is 0. The topological polar surface area (TPSA) is 0 Å². The molecule has 0 aromatic carbocycles. The molecular formula is CH3Cl4Cu-3. The van der Waals surface area contributed by atoms with E-state index in [-0.39, 0.29) is 7.43 Å². The summed E-state index contributed by atoms with van der Waals surface area (Å²) in [6, 6.07) is 0. The first kappa shape index (κ1) is 10.6. The summed E-state index contributed by atoms with van der Waals surface area (Å²) in [6.45, 7) is 0. The Bertz CT molecular complexity index is 23.0. The Morgan fingerprint density at radius 1 is 0.833 bits per heavy atom. The molecule has 0 nitrogen and oxygen atoms in total. The van der Waals surface area contributed by atoms with E-state index < -0.39 is 9.20 Å². The van der Waals surface area contributed by atoms with Crippen LogP contribution in [0.3, 0.4) is 0 Å². The summed E-state index contributed by atoms with van der Waals surface area (Å²) in [4.78, 5) is 0. The second kappa shape index (κ2) is 3.65. The van der Waals surface area contributed by atoms with Crippen molar-refractivity contribution in [1.29, 1.82) is 0 Å². The van der Waals surface area contributed by atoms with Gasteiger partial charge in [0.15, 0.2) is 0 Å². The molecule has 0 aromatic rings. The van der Waals surface area contributed by atoms with Gasteiger partial charge in [-0.15, -0.1) is 0 Å². The number of hydrogen-bond donors (Lipinski definition) is 0. The fraction of sp³-hybridized carbons (Fsp3) is 0. The molecular weight excluding hydrogens is 217 g/mol. The van der Waals surface area contributed by atoms with Gasteiger partial charge in [-0.2, -0.15) is 0 Å². The van der Waals surface area contributed by atoms with Crippen LogP contribution in [-0.2, 0) is 9.20 Å². The summed E-state index contributed by atoms with van der Waals surface area (Å²) in [7, 11) is 17.4. The van der Waals surface area contributed by atoms with Crippen LogP contribution >= 0.6 is 40.4 Å². The minimum atomic E-state index is -2.24. The Balaban J connectivity index is 0. The predicted octanol–water partition coefficient (Wildman–Crippen LogP) is 3.21. The molecule has 0 N–H and O–H groups in total. The van der Waals surface area contributed by atoms with Crippen LogP contribution in [0.2, 0.25) is 0 Å². The SMILES string of the molecule is [CH3-].[Cl][Cu-2]([Cl])([Cl])[Cl]. The number of halogens is 4. The standard InChI is InChI=1S/CH3.4ClH.Cu/h1H3;4*1H;/q-1;;;;;+2/p-4. The molecule has 0 heterocycles. The van der Waals surface area contributed by atoms with Gasteiger partial charge in [0, 0.05) is 0 Å². The van der Waals surface area contributed by atoms with E-state index in [4.69, 9.17) is 40.4 Å². The third-order valence-electron chi connectivity index (χ3n) is 0. The fourth-order valence-corrected chi connectivity index (χ4v) is 0. The van der Waals surface area contributed by atoms with Gasteiger partial charge in [-0.1, -0.05) is 0 Å². The molecule has 0 saturated carbocycles. The van der Waals surface area contributed by atoms with Gasteiger partial charge in [0.2, 0.25) is 0 Å². The van der Waals surface area contributed by atoms with Gasteiger partial charge >= 0.3 is 49.6 Å². The van der Waals surface area contributed by atoms with Crippen molar-refractivity contribution >= 4 is 40.4 Å². The van der Waals surface area contributed by atoms with Crippen molar-refractivity contribution in [2.24, 2.45) is 0 Å². The van der Waals surface area contributed by atoms with Crippen molar-refractivity contribution in [3.8, 4) is 0 Å². The van der Waals surface area contributed by atoms with Crippen molar-refractivity contribution in [3.05, 3.63) is 7.43 Å². The average Bonchev–Trinajstić information content (AvgIpc) is 0.722. The van der Waals surface area contributed by atoms with E-state index in [2.05, 4.69) is 0 Å². The molecule has 0 saturated heterocycles. The molecule has 0 radical (unpaired) electrons. The normalized spacial score (nSPS) is 12.7. The second-order valence-corrected chi connectivity index (χ2v) is 9.59. The van der Waals surface area contributed by atoms with Gasteiger partial charge < -0.3 is 7.43 Å². The van der Waals surface area contributed by atoms with Gasteiger partial charge in [0.05, 0.1) is 0 Å². The van der Waals surface area contributed by atoms with Crippen molar-refractivity contribution in [2.45, 2.75) is 0 Å². The number of rotatable bonds is 0. The fourth-order valence-electron chi connectivity index (χ4n) is 0. The Hall–Kier alpha value is 1.68. The molecule has 0 aromatic heterocycles. The van der Waals surface area contributed by atoms with Crippen molar-refractivity contribution in [3.63, 3.8) is 0 Å². The summed E-state index contributed by atoms with van der Waals surface area (Å²) in [5.41, 5.74) is 0. The Labute approximate surface area is 56.8 Å². The zero-order valence-corrected chi connectivity index (χ0v) is 6.78. The third kappa shape index (κ3) is 44.1. The first-order valence-corrected chi connectivity index (χ1v) is 5.64. The van der Waals surface area contributed by atoms with Gasteiger partial charge in [-0.05, 0) is 0 Å². The molecule has 0 unspecified atom stereocenters. The molecule has 0 aliphatic carbocycles. The van der Waals surface area contributed by atoms with Crippen LogP contribution < -0.4 is 0 Å². The van der Waals surface area contributed by atoms with Crippen molar-refractivity contribution in [2.75, 3.05) is 0 Å². The Morgan fingerprint density at radius 3 is 0.833 bits per heavy atom. The molecule has 49 valence electrons. The summed E-state index contributed by atoms with van der Waals surface area (Å²) in [5.74, 6) is 0. The van der Waals surface area contributed by atoms with Crippen LogP contribution in [-0.4, -0.2) is 0 Å². The molecule has 0 spiro atoms. The minimum absolute atomic E-state index is 0. The van der Waals surface area contributed by atoms with Crippen molar-refractivity contribution < 1.29 is 9.20 Å². The zero-order valence-electron chi connectivity index (χ0n) is 2.81. The molecule has 5 heteroatoms. The van der Waals surface area contributed by atoms with Crippen LogP contribution in [0.1, 0.15) is 0 Å². The molecule has 0 bridgehead atoms. The van der Waals surface area contributed by atoms with E-state index >= 15 is 0 Å². The first-order chi connectivity index (χ1) is 2.00. The van der Waals surface area contributed by atoms with E-state index in [0.29, 0.717) is 0 Å². The molecule has 0 rings (SSSR count). The third-order valence-corrected chi connectivity index (χ3v) is 0. The maximum atomic E-state index is 4.90. The van der Waals surface area contributed by atoms with Crippen LogP contribution in [0.15, 0.2) is 0 Å². The van der Waals surface area contributed by atoms with Gasteiger partial charge in [0.1, 0.15) is 0 Å². The molecule has 0 fully saturated rings. The molecule has 0 atom stereocenters. The molecule has 0 aliphatic heterocycles. The van der Waals surface area contributed by atoms with Crippen LogP contribution in [0.5, 0.6) is 0 Å². The predicted molar refractivity (Wildman–Crippen MR) is 29.8 cm³/mol. The Kier molecular flexibility index (Phi) is 6.47. The van der Waals surface area contributed by atoms with E-state index in [1.54, 1.807) is 0 Å². The summed E-state index contributed by atoms with van der Waals surface area (Å²) in [5, 5.41) is 0. The van der Waals surface area contributed by atoms with Crippen LogP contribution in [0.4, 0.5) is 0 Å². The van der Waals surface area contributed by atoms with E-state index in [0.717, 1.165) is 0 Å². The zero-order chi connectivity index (χ0) is 4.50. The molecule has 6 heavy (non-hydrogen) atoms. The number of hydrogen-bond acceptors (Lipinski definition) is 0. The maximum absolute atomic E-state index is 4.90. The van der Waals surface area contributed by atoms with E-state index in [1.807, 2.05) is 0 Å². The van der Waals surface area contributed by atoms with E-state index in [1.165, 1.54) is 0 Å². The second-order valence-electron chi connectivity index (χ2n) is 0.258. The van der Waals surface area contributed by atoms with E-state index in [9.17, 15) is 0 Å². The van der Waals surface area contributed by atoms with Crippen LogP contribution in [0, 0.1) is 7.43 Å². The monoisotopic (exact) mass is 218 g/mol. The summed E-state index contributed by atoms with van der Waals surface area (Å²) in [6.07, 6.45) is 0. The quantitative estimate of drug-likeness (QED) is 0.434. The molecule has 0 amide bonds. The summed E-state index contributed by atoms with van der Waals surface area (Å²) < 4.78 is 0.